The van der Waals surface area contributed by atoms with Gasteiger partial charge in [0.05, 0.1) is 4.47 Å². The van der Waals surface area contributed by atoms with Crippen molar-refractivity contribution >= 4 is 21.9 Å². The minimum absolute atomic E-state index is 0.222. The van der Waals surface area contributed by atoms with Gasteiger partial charge in [0.25, 0.3) is 0 Å². The van der Waals surface area contributed by atoms with Crippen LogP contribution in [0.25, 0.3) is 0 Å². The highest BCUT2D eigenvalue weighted by Gasteiger charge is 2.06. The van der Waals surface area contributed by atoms with Crippen LogP contribution in [0.15, 0.2) is 47.2 Å². The number of ether oxygens (including phenoxy) is 1. The normalized spacial score (nSPS) is 10.3. The van der Waals surface area contributed by atoms with Crippen molar-refractivity contribution in [3.8, 4) is 0 Å². The number of esters is 1. The lowest BCUT2D eigenvalue weighted by Gasteiger charge is -2.05. The van der Waals surface area contributed by atoms with Crippen LogP contribution in [0, 0.1) is 5.82 Å². The summed E-state index contributed by atoms with van der Waals surface area (Å²) in [6.45, 7) is 0.222. The van der Waals surface area contributed by atoms with Crippen molar-refractivity contribution in [3.63, 3.8) is 0 Å². The molecule has 0 aliphatic rings. The van der Waals surface area contributed by atoms with Gasteiger partial charge in [-0.15, -0.1) is 0 Å². The molecule has 0 N–H and O–H groups in total. The second kappa shape index (κ2) is 7.14. The summed E-state index contributed by atoms with van der Waals surface area (Å²) in [6.07, 6.45) is 4.10. The molecule has 0 fully saturated rings. The zero-order chi connectivity index (χ0) is 14.4. The van der Waals surface area contributed by atoms with Crippen LogP contribution in [0.1, 0.15) is 17.5 Å². The van der Waals surface area contributed by atoms with Crippen LogP contribution >= 0.6 is 15.9 Å². The van der Waals surface area contributed by atoms with Crippen LogP contribution < -0.4 is 0 Å². The van der Waals surface area contributed by atoms with Crippen molar-refractivity contribution in [2.24, 2.45) is 0 Å². The van der Waals surface area contributed by atoms with E-state index in [0.29, 0.717) is 10.9 Å². The highest BCUT2D eigenvalue weighted by Crippen LogP contribution is 2.17. The second-order valence-corrected chi connectivity index (χ2v) is 5.12. The Kier molecular flexibility index (Phi) is 5.24. The number of aryl methyl sites for hydroxylation is 1. The van der Waals surface area contributed by atoms with E-state index in [4.69, 9.17) is 4.74 Å². The van der Waals surface area contributed by atoms with E-state index in [1.807, 2.05) is 6.07 Å². The molecule has 3 nitrogen and oxygen atoms in total. The van der Waals surface area contributed by atoms with E-state index in [1.54, 1.807) is 30.6 Å². The molecule has 0 atom stereocenters. The largest absolute Gasteiger partial charge is 0.461 e. The summed E-state index contributed by atoms with van der Waals surface area (Å²) in [5.74, 6) is -0.595. The molecule has 1 aromatic heterocycles. The van der Waals surface area contributed by atoms with E-state index in [9.17, 15) is 9.18 Å². The first-order chi connectivity index (χ1) is 9.65. The minimum Gasteiger partial charge on any atom is -0.461 e. The quantitative estimate of drug-likeness (QED) is 0.781. The van der Waals surface area contributed by atoms with E-state index in [0.717, 1.165) is 11.1 Å². The minimum atomic E-state index is -0.312. The summed E-state index contributed by atoms with van der Waals surface area (Å²) in [5.41, 5.74) is 1.74. The SMILES string of the molecule is O=C(CCc1ccc(F)c(Br)c1)OCc1cccnc1. The average Bonchev–Trinajstić information content (AvgIpc) is 2.47. The van der Waals surface area contributed by atoms with Crippen LogP contribution in [0.4, 0.5) is 4.39 Å². The molecule has 0 saturated carbocycles. The molecule has 0 saturated heterocycles. The van der Waals surface area contributed by atoms with Gasteiger partial charge in [-0.2, -0.15) is 0 Å². The number of carbonyl (C=O) groups excluding carboxylic acids is 1. The Bertz CT molecular complexity index is 590. The topological polar surface area (TPSA) is 39.2 Å². The fourth-order valence-corrected chi connectivity index (χ4v) is 2.09. The van der Waals surface area contributed by atoms with Gasteiger partial charge in [-0.1, -0.05) is 12.1 Å². The Balaban J connectivity index is 1.79. The number of nitrogens with zero attached hydrogens (tertiary/aromatic N) is 1. The van der Waals surface area contributed by atoms with Crippen LogP contribution in [0.2, 0.25) is 0 Å². The maximum Gasteiger partial charge on any atom is 0.306 e. The summed E-state index contributed by atoms with van der Waals surface area (Å²) < 4.78 is 18.6. The molecule has 0 aliphatic heterocycles. The van der Waals surface area contributed by atoms with Gasteiger partial charge in [-0.3, -0.25) is 9.78 Å². The Morgan fingerprint density at radius 3 is 2.85 bits per heavy atom. The summed E-state index contributed by atoms with van der Waals surface area (Å²) in [6, 6.07) is 8.34. The monoisotopic (exact) mass is 337 g/mol. The average molecular weight is 338 g/mol. The molecule has 0 radical (unpaired) electrons. The first kappa shape index (κ1) is 14.7. The third-order valence-corrected chi connectivity index (χ3v) is 3.33. The molecular formula is C15H13BrFNO2. The van der Waals surface area contributed by atoms with E-state index in [2.05, 4.69) is 20.9 Å². The third-order valence-electron chi connectivity index (χ3n) is 2.72. The zero-order valence-electron chi connectivity index (χ0n) is 10.7. The van der Waals surface area contributed by atoms with Gasteiger partial charge in [-0.05, 0) is 46.1 Å². The van der Waals surface area contributed by atoms with E-state index in [1.165, 1.54) is 6.07 Å². The number of hydrogen-bond donors (Lipinski definition) is 0. The van der Waals surface area contributed by atoms with Gasteiger partial charge >= 0.3 is 5.97 Å². The lowest BCUT2D eigenvalue weighted by atomic mass is 10.1. The third kappa shape index (κ3) is 4.42. The van der Waals surface area contributed by atoms with Crippen molar-refractivity contribution < 1.29 is 13.9 Å². The van der Waals surface area contributed by atoms with E-state index < -0.39 is 0 Å². The molecule has 0 unspecified atom stereocenters. The standard InChI is InChI=1S/C15H13BrFNO2/c16-13-8-11(3-5-14(13)17)4-6-15(19)20-10-12-2-1-7-18-9-12/h1-3,5,7-9H,4,6,10H2. The Morgan fingerprint density at radius 2 is 2.15 bits per heavy atom. The lowest BCUT2D eigenvalue weighted by Crippen LogP contribution is -2.06. The predicted molar refractivity (Wildman–Crippen MR) is 76.5 cm³/mol. The number of halogens is 2. The van der Waals surface area contributed by atoms with Gasteiger partial charge in [0.2, 0.25) is 0 Å². The molecule has 2 aromatic rings. The molecule has 1 heterocycles. The van der Waals surface area contributed by atoms with Crippen molar-refractivity contribution in [1.82, 2.24) is 4.98 Å². The first-order valence-electron chi connectivity index (χ1n) is 6.13. The summed E-state index contributed by atoms with van der Waals surface area (Å²) in [7, 11) is 0. The zero-order valence-corrected chi connectivity index (χ0v) is 12.3. The second-order valence-electron chi connectivity index (χ2n) is 4.27. The number of hydrogen-bond acceptors (Lipinski definition) is 3. The predicted octanol–water partition coefficient (Wildman–Crippen LogP) is 3.66. The molecule has 2 rings (SSSR count). The van der Waals surface area contributed by atoms with E-state index >= 15 is 0 Å². The Hall–Kier alpha value is -1.75. The lowest BCUT2D eigenvalue weighted by molar-refractivity contribution is -0.144. The van der Waals surface area contributed by atoms with Crippen LogP contribution in [0.5, 0.6) is 0 Å². The van der Waals surface area contributed by atoms with Crippen LogP contribution in [-0.2, 0) is 22.6 Å². The van der Waals surface area contributed by atoms with Gasteiger partial charge in [0.15, 0.2) is 0 Å². The van der Waals surface area contributed by atoms with Gasteiger partial charge in [0, 0.05) is 24.4 Å². The molecule has 0 amide bonds. The summed E-state index contributed by atoms with van der Waals surface area (Å²) in [4.78, 5) is 15.6. The molecule has 0 bridgehead atoms. The van der Waals surface area contributed by atoms with Crippen LogP contribution in [-0.4, -0.2) is 11.0 Å². The highest BCUT2D eigenvalue weighted by molar-refractivity contribution is 9.10. The maximum absolute atomic E-state index is 13.1. The van der Waals surface area contributed by atoms with Gasteiger partial charge in [-0.25, -0.2) is 4.39 Å². The first-order valence-corrected chi connectivity index (χ1v) is 6.93. The van der Waals surface area contributed by atoms with Gasteiger partial charge < -0.3 is 4.74 Å². The molecule has 104 valence electrons. The highest BCUT2D eigenvalue weighted by atomic mass is 79.9. The van der Waals surface area contributed by atoms with Gasteiger partial charge in [0.1, 0.15) is 12.4 Å². The Morgan fingerprint density at radius 1 is 1.30 bits per heavy atom. The maximum atomic E-state index is 13.1. The number of carbonyl (C=O) groups is 1. The van der Waals surface area contributed by atoms with Crippen LogP contribution in [0.3, 0.4) is 0 Å². The fourth-order valence-electron chi connectivity index (χ4n) is 1.66. The molecular weight excluding hydrogens is 325 g/mol. The molecule has 0 aliphatic carbocycles. The number of rotatable bonds is 5. The molecule has 20 heavy (non-hydrogen) atoms. The molecule has 1 aromatic carbocycles. The summed E-state index contributed by atoms with van der Waals surface area (Å²) in [5, 5.41) is 0. The number of benzene rings is 1. The number of pyridine rings is 1. The molecule has 0 spiro atoms. The van der Waals surface area contributed by atoms with E-state index in [-0.39, 0.29) is 24.8 Å². The Labute approximate surface area is 124 Å². The van der Waals surface area contributed by atoms with Crippen molar-refractivity contribution in [2.45, 2.75) is 19.4 Å². The summed E-state index contributed by atoms with van der Waals surface area (Å²) >= 11 is 3.12. The van der Waals surface area contributed by atoms with Crippen molar-refractivity contribution in [2.75, 3.05) is 0 Å². The van der Waals surface area contributed by atoms with Crippen molar-refractivity contribution in [3.05, 3.63) is 64.1 Å². The smallest absolute Gasteiger partial charge is 0.306 e. The number of aromatic nitrogens is 1. The molecule has 5 heteroatoms. The van der Waals surface area contributed by atoms with Crippen molar-refractivity contribution in [1.29, 1.82) is 0 Å². The fraction of sp³-hybridized carbons (Fsp3) is 0.200.